The molecule has 3 saturated carbocycles. The average Bonchev–Trinajstić information content (AvgIpc) is 3.48. The molecule has 224 valence electrons. The third-order valence-corrected chi connectivity index (χ3v) is 10.5. The standard InChI is InChI=1S/C33H44BN3O5/c1-19(2)14-29(34-41-28-16-20-15-27(32(20,3)4)33(28,5)42-34)37-30(38)26(35)17-36-31(39)40-18-25-23-12-8-6-10-21(23)22-11-7-9-13-24(22)25/h6-13,19-20,25-29H,14-18,35H2,1-5H3,(H,36,39)(H,37,38)/t20-,26+,27-,28-,29+,33+/m1/s1. The Morgan fingerprint density at radius 1 is 1.05 bits per heavy atom. The van der Waals surface area contributed by atoms with Gasteiger partial charge in [0.25, 0.3) is 0 Å². The summed E-state index contributed by atoms with van der Waals surface area (Å²) in [7, 11) is -0.524. The first-order valence-electron chi connectivity index (χ1n) is 15.5. The number of ether oxygens (including phenoxy) is 1. The van der Waals surface area contributed by atoms with Crippen molar-refractivity contribution in [1.82, 2.24) is 10.6 Å². The monoisotopic (exact) mass is 573 g/mol. The van der Waals surface area contributed by atoms with Crippen LogP contribution in [0.1, 0.15) is 70.9 Å². The van der Waals surface area contributed by atoms with Crippen LogP contribution in [0, 0.1) is 23.2 Å². The van der Waals surface area contributed by atoms with Gasteiger partial charge in [0.15, 0.2) is 0 Å². The molecule has 2 bridgehead atoms. The summed E-state index contributed by atoms with van der Waals surface area (Å²) in [6, 6.07) is 15.4. The zero-order valence-corrected chi connectivity index (χ0v) is 25.4. The average molecular weight is 574 g/mol. The number of alkyl carbamates (subject to hydrolysis) is 1. The van der Waals surface area contributed by atoms with Crippen LogP contribution in [0.4, 0.5) is 4.79 Å². The molecule has 42 heavy (non-hydrogen) atoms. The lowest BCUT2D eigenvalue weighted by atomic mass is 9.43. The van der Waals surface area contributed by atoms with Crippen LogP contribution >= 0.6 is 0 Å². The molecule has 7 rings (SSSR count). The van der Waals surface area contributed by atoms with Crippen molar-refractivity contribution in [3.63, 3.8) is 0 Å². The Balaban J connectivity index is 1.02. The molecule has 8 nitrogen and oxygen atoms in total. The molecule has 2 aromatic rings. The zero-order chi connectivity index (χ0) is 29.8. The van der Waals surface area contributed by atoms with Crippen LogP contribution in [0.2, 0.25) is 0 Å². The largest absolute Gasteiger partial charge is 0.481 e. The third-order valence-electron chi connectivity index (χ3n) is 10.5. The summed E-state index contributed by atoms with van der Waals surface area (Å²) in [5.41, 5.74) is 10.7. The maximum absolute atomic E-state index is 13.2. The molecule has 9 heteroatoms. The van der Waals surface area contributed by atoms with E-state index in [-0.39, 0.29) is 48.0 Å². The first-order chi connectivity index (χ1) is 20.0. The van der Waals surface area contributed by atoms with Gasteiger partial charge in [-0.1, -0.05) is 76.2 Å². The molecule has 4 fully saturated rings. The molecule has 5 aliphatic rings. The van der Waals surface area contributed by atoms with Gasteiger partial charge in [-0.2, -0.15) is 0 Å². The minimum atomic E-state index is -0.939. The maximum atomic E-state index is 13.2. The van der Waals surface area contributed by atoms with Crippen LogP contribution in [0.5, 0.6) is 0 Å². The van der Waals surface area contributed by atoms with Gasteiger partial charge >= 0.3 is 13.2 Å². The van der Waals surface area contributed by atoms with E-state index in [4.69, 9.17) is 19.8 Å². The summed E-state index contributed by atoms with van der Waals surface area (Å²) in [5, 5.41) is 5.76. The molecule has 0 aromatic heterocycles. The highest BCUT2D eigenvalue weighted by molar-refractivity contribution is 6.47. The Hall–Kier alpha value is -2.88. The van der Waals surface area contributed by atoms with Gasteiger partial charge in [0.2, 0.25) is 5.91 Å². The highest BCUT2D eigenvalue weighted by atomic mass is 16.7. The van der Waals surface area contributed by atoms with Crippen molar-refractivity contribution in [2.75, 3.05) is 13.2 Å². The molecule has 1 aliphatic heterocycles. The van der Waals surface area contributed by atoms with Crippen LogP contribution in [0.15, 0.2) is 48.5 Å². The van der Waals surface area contributed by atoms with Gasteiger partial charge < -0.3 is 30.4 Å². The van der Waals surface area contributed by atoms with E-state index in [1.165, 1.54) is 17.5 Å². The predicted octanol–water partition coefficient (Wildman–Crippen LogP) is 4.65. The summed E-state index contributed by atoms with van der Waals surface area (Å²) < 4.78 is 18.7. The summed E-state index contributed by atoms with van der Waals surface area (Å²) in [6.45, 7) is 11.2. The summed E-state index contributed by atoms with van der Waals surface area (Å²) >= 11 is 0. The molecule has 0 radical (unpaired) electrons. The lowest BCUT2D eigenvalue weighted by molar-refractivity contribution is -0.199. The highest BCUT2D eigenvalue weighted by Crippen LogP contribution is 2.65. The van der Waals surface area contributed by atoms with Gasteiger partial charge in [-0.15, -0.1) is 0 Å². The van der Waals surface area contributed by atoms with Crippen LogP contribution < -0.4 is 16.4 Å². The van der Waals surface area contributed by atoms with Gasteiger partial charge in [-0.05, 0) is 71.6 Å². The first-order valence-corrected chi connectivity index (χ1v) is 15.5. The minimum absolute atomic E-state index is 0.0367. The van der Waals surface area contributed by atoms with Gasteiger partial charge in [0.05, 0.1) is 17.6 Å². The molecule has 4 aliphatic carbocycles. The van der Waals surface area contributed by atoms with E-state index in [9.17, 15) is 9.59 Å². The van der Waals surface area contributed by atoms with E-state index < -0.39 is 19.3 Å². The number of nitrogens with two attached hydrogens (primary N) is 1. The molecule has 2 amide bonds. The second-order valence-electron chi connectivity index (χ2n) is 13.9. The summed E-state index contributed by atoms with van der Waals surface area (Å²) in [5.74, 6) is 0.692. The number of carbonyl (C=O) groups is 2. The topological polar surface area (TPSA) is 112 Å². The fourth-order valence-corrected chi connectivity index (χ4v) is 8.04. The predicted molar refractivity (Wildman–Crippen MR) is 163 cm³/mol. The Bertz CT molecular complexity index is 1300. The van der Waals surface area contributed by atoms with Crippen molar-refractivity contribution in [2.45, 2.75) is 83.5 Å². The van der Waals surface area contributed by atoms with Crippen molar-refractivity contribution < 1.29 is 23.6 Å². The quantitative estimate of drug-likeness (QED) is 0.377. The van der Waals surface area contributed by atoms with Crippen molar-refractivity contribution >= 4 is 19.1 Å². The Kier molecular flexibility index (Phi) is 7.65. The molecular weight excluding hydrogens is 529 g/mol. The lowest BCUT2D eigenvalue weighted by Gasteiger charge is -2.64. The van der Waals surface area contributed by atoms with Crippen molar-refractivity contribution in [3.05, 3.63) is 59.7 Å². The summed E-state index contributed by atoms with van der Waals surface area (Å²) in [4.78, 5) is 25.8. The molecule has 1 saturated heterocycles. The SMILES string of the molecule is CC(C)C[C@H](NC(=O)[C@@H](N)CNC(=O)OCC1c2ccccc2-c2ccccc21)B1O[C@@H]2C[C@H]3C[C@H](C3(C)C)[C@]2(C)O1. The fourth-order valence-electron chi connectivity index (χ4n) is 8.04. The lowest BCUT2D eigenvalue weighted by Crippen LogP contribution is -2.65. The number of amides is 2. The van der Waals surface area contributed by atoms with Crippen LogP contribution in [-0.2, 0) is 18.8 Å². The highest BCUT2D eigenvalue weighted by Gasteiger charge is 2.68. The van der Waals surface area contributed by atoms with Crippen LogP contribution in [0.3, 0.4) is 0 Å². The van der Waals surface area contributed by atoms with E-state index in [1.54, 1.807) is 0 Å². The normalized spacial score (nSPS) is 28.3. The van der Waals surface area contributed by atoms with Gasteiger partial charge in [0, 0.05) is 12.5 Å². The van der Waals surface area contributed by atoms with E-state index in [2.05, 4.69) is 69.5 Å². The molecule has 0 unspecified atom stereocenters. The van der Waals surface area contributed by atoms with Gasteiger partial charge in [0.1, 0.15) is 12.6 Å². The Morgan fingerprint density at radius 2 is 1.69 bits per heavy atom. The zero-order valence-electron chi connectivity index (χ0n) is 25.4. The summed E-state index contributed by atoms with van der Waals surface area (Å²) in [6.07, 6.45) is 2.30. The van der Waals surface area contributed by atoms with Gasteiger partial charge in [-0.3, -0.25) is 4.79 Å². The number of carbonyl (C=O) groups excluding carboxylic acids is 2. The van der Waals surface area contributed by atoms with Crippen molar-refractivity contribution in [3.8, 4) is 11.1 Å². The second-order valence-corrected chi connectivity index (χ2v) is 13.9. The van der Waals surface area contributed by atoms with E-state index >= 15 is 0 Å². The molecule has 6 atom stereocenters. The number of fused-ring (bicyclic) bond motifs is 3. The second kappa shape index (κ2) is 11.0. The Labute approximate surface area is 249 Å². The maximum Gasteiger partial charge on any atom is 0.481 e. The molecule has 4 N–H and O–H groups in total. The molecular formula is C33H44BN3O5. The number of hydrogen-bond acceptors (Lipinski definition) is 6. The van der Waals surface area contributed by atoms with Crippen LogP contribution in [0.25, 0.3) is 11.1 Å². The van der Waals surface area contributed by atoms with E-state index in [1.807, 2.05) is 24.3 Å². The number of rotatable bonds is 9. The third kappa shape index (κ3) is 5.03. The number of nitrogens with one attached hydrogen (secondary N) is 2. The smallest absolute Gasteiger partial charge is 0.449 e. The Morgan fingerprint density at radius 3 is 2.31 bits per heavy atom. The number of benzene rings is 2. The van der Waals surface area contributed by atoms with Gasteiger partial charge in [-0.25, -0.2) is 4.79 Å². The van der Waals surface area contributed by atoms with E-state index in [0.717, 1.165) is 17.5 Å². The fraction of sp³-hybridized carbons (Fsp3) is 0.576. The van der Waals surface area contributed by atoms with Crippen molar-refractivity contribution in [2.24, 2.45) is 28.9 Å². The van der Waals surface area contributed by atoms with Crippen LogP contribution in [-0.4, -0.2) is 56.0 Å². The van der Waals surface area contributed by atoms with Crippen molar-refractivity contribution in [1.29, 1.82) is 0 Å². The molecule has 2 aromatic carbocycles. The molecule has 0 spiro atoms. The number of hydrogen-bond donors (Lipinski definition) is 3. The first kappa shape index (κ1) is 29.2. The molecule has 1 heterocycles. The minimum Gasteiger partial charge on any atom is -0.449 e. The van der Waals surface area contributed by atoms with E-state index in [0.29, 0.717) is 24.2 Å².